The number of rotatable bonds is 6. The molecule has 0 aliphatic rings. The number of ether oxygens (including phenoxy) is 3. The zero-order chi connectivity index (χ0) is 9.40. The Labute approximate surface area is 72.8 Å². The maximum atomic E-state index is 10.7. The molecule has 0 aromatic heterocycles. The molecule has 72 valence electrons. The van der Waals surface area contributed by atoms with Gasteiger partial charge in [0.2, 0.25) is 0 Å². The minimum atomic E-state index is -0.250. The Morgan fingerprint density at radius 2 is 2.00 bits per heavy atom. The van der Waals surface area contributed by atoms with E-state index in [4.69, 9.17) is 9.47 Å². The number of carbonyl (C=O) groups is 1. The molecule has 0 bridgehead atoms. The van der Waals surface area contributed by atoms with Gasteiger partial charge in [0.1, 0.15) is 0 Å². The van der Waals surface area contributed by atoms with Gasteiger partial charge in [0.15, 0.2) is 0 Å². The van der Waals surface area contributed by atoms with Crippen molar-refractivity contribution in [2.24, 2.45) is 0 Å². The van der Waals surface area contributed by atoms with E-state index in [0.29, 0.717) is 19.6 Å². The number of methoxy groups -OCH3 is 2. The first-order chi connectivity index (χ1) is 5.70. The first-order valence-electron chi connectivity index (χ1n) is 3.88. The van der Waals surface area contributed by atoms with E-state index in [9.17, 15) is 4.79 Å². The van der Waals surface area contributed by atoms with Crippen molar-refractivity contribution in [2.75, 3.05) is 27.4 Å². The average Bonchev–Trinajstić information content (AvgIpc) is 2.05. The van der Waals surface area contributed by atoms with Crippen molar-refractivity contribution in [3.05, 3.63) is 0 Å². The van der Waals surface area contributed by atoms with E-state index in [0.717, 1.165) is 0 Å². The number of esters is 1. The summed E-state index contributed by atoms with van der Waals surface area (Å²) in [5, 5.41) is 0. The highest BCUT2D eigenvalue weighted by molar-refractivity contribution is 5.69. The lowest BCUT2D eigenvalue weighted by atomic mass is 10.3. The largest absolute Gasteiger partial charge is 0.469 e. The predicted octanol–water partition coefficient (Wildman–Crippen LogP) is 0.601. The Balaban J connectivity index is 3.32. The molecule has 0 spiro atoms. The molecule has 4 nitrogen and oxygen atoms in total. The Morgan fingerprint density at radius 3 is 2.50 bits per heavy atom. The molecule has 4 heteroatoms. The van der Waals surface area contributed by atoms with Crippen molar-refractivity contribution in [1.29, 1.82) is 0 Å². The van der Waals surface area contributed by atoms with Crippen LogP contribution in [0, 0.1) is 0 Å². The van der Waals surface area contributed by atoms with E-state index in [1.54, 1.807) is 7.11 Å². The second-order valence-electron chi connectivity index (χ2n) is 2.45. The number of carbonyl (C=O) groups excluding carboxylic acids is 1. The van der Waals surface area contributed by atoms with E-state index in [1.807, 2.05) is 6.92 Å². The molecule has 1 unspecified atom stereocenters. The topological polar surface area (TPSA) is 44.8 Å². The van der Waals surface area contributed by atoms with Crippen LogP contribution in [0.3, 0.4) is 0 Å². The van der Waals surface area contributed by atoms with E-state index in [2.05, 4.69) is 4.74 Å². The Bertz CT molecular complexity index is 124. The van der Waals surface area contributed by atoms with Crippen LogP contribution in [0.15, 0.2) is 0 Å². The Hall–Kier alpha value is -0.610. The molecule has 0 aliphatic heterocycles. The van der Waals surface area contributed by atoms with Gasteiger partial charge in [-0.15, -0.1) is 0 Å². The standard InChI is InChI=1S/C8H16O4/c1-7(6-8(9)11-3)12-5-4-10-2/h7H,4-6H2,1-3H3. The Morgan fingerprint density at radius 1 is 1.33 bits per heavy atom. The van der Waals surface area contributed by atoms with Crippen molar-refractivity contribution in [1.82, 2.24) is 0 Å². The minimum absolute atomic E-state index is 0.104. The van der Waals surface area contributed by atoms with Gasteiger partial charge in [-0.1, -0.05) is 0 Å². The fraction of sp³-hybridized carbons (Fsp3) is 0.875. The van der Waals surface area contributed by atoms with Crippen LogP contribution in [-0.2, 0) is 19.0 Å². The second kappa shape index (κ2) is 7.06. The third-order valence-electron chi connectivity index (χ3n) is 1.37. The van der Waals surface area contributed by atoms with Gasteiger partial charge in [0.05, 0.1) is 32.8 Å². The highest BCUT2D eigenvalue weighted by Gasteiger charge is 2.08. The van der Waals surface area contributed by atoms with E-state index < -0.39 is 0 Å². The van der Waals surface area contributed by atoms with E-state index >= 15 is 0 Å². The SMILES string of the molecule is COCCOC(C)CC(=O)OC. The first-order valence-corrected chi connectivity index (χ1v) is 3.88. The molecular formula is C8H16O4. The number of hydrogen-bond donors (Lipinski definition) is 0. The lowest BCUT2D eigenvalue weighted by molar-refractivity contribution is -0.143. The molecule has 0 heterocycles. The quantitative estimate of drug-likeness (QED) is 0.439. The molecule has 0 saturated carbocycles. The summed E-state index contributed by atoms with van der Waals surface area (Å²) in [5.74, 6) is -0.250. The molecule has 0 rings (SSSR count). The third kappa shape index (κ3) is 6.12. The van der Waals surface area contributed by atoms with Crippen LogP contribution in [0.1, 0.15) is 13.3 Å². The lowest BCUT2D eigenvalue weighted by Gasteiger charge is -2.10. The van der Waals surface area contributed by atoms with Crippen LogP contribution < -0.4 is 0 Å². The highest BCUT2D eigenvalue weighted by Crippen LogP contribution is 1.98. The van der Waals surface area contributed by atoms with Gasteiger partial charge in [0, 0.05) is 7.11 Å². The van der Waals surface area contributed by atoms with Crippen LogP contribution in [-0.4, -0.2) is 39.5 Å². The fourth-order valence-corrected chi connectivity index (χ4v) is 0.710. The maximum Gasteiger partial charge on any atom is 0.308 e. The van der Waals surface area contributed by atoms with Gasteiger partial charge in [-0.2, -0.15) is 0 Å². The smallest absolute Gasteiger partial charge is 0.308 e. The molecule has 1 atom stereocenters. The highest BCUT2D eigenvalue weighted by atomic mass is 16.5. The minimum Gasteiger partial charge on any atom is -0.469 e. The monoisotopic (exact) mass is 176 g/mol. The predicted molar refractivity (Wildman–Crippen MR) is 43.9 cm³/mol. The molecule has 0 radical (unpaired) electrons. The normalized spacial score (nSPS) is 12.6. The summed E-state index contributed by atoms with van der Waals surface area (Å²) in [7, 11) is 2.97. The molecule has 0 N–H and O–H groups in total. The molecule has 0 fully saturated rings. The summed E-state index contributed by atoms with van der Waals surface area (Å²) < 4.78 is 14.5. The summed E-state index contributed by atoms with van der Waals surface area (Å²) in [6.45, 7) is 2.88. The van der Waals surface area contributed by atoms with E-state index in [1.165, 1.54) is 7.11 Å². The van der Waals surface area contributed by atoms with Crippen molar-refractivity contribution in [3.8, 4) is 0 Å². The molecule has 0 saturated heterocycles. The van der Waals surface area contributed by atoms with Crippen LogP contribution in [0.2, 0.25) is 0 Å². The number of hydrogen-bond acceptors (Lipinski definition) is 4. The summed E-state index contributed by atoms with van der Waals surface area (Å²) in [4.78, 5) is 10.7. The summed E-state index contributed by atoms with van der Waals surface area (Å²) in [5.41, 5.74) is 0. The van der Waals surface area contributed by atoms with E-state index in [-0.39, 0.29) is 12.1 Å². The van der Waals surface area contributed by atoms with Crippen molar-refractivity contribution < 1.29 is 19.0 Å². The average molecular weight is 176 g/mol. The van der Waals surface area contributed by atoms with Gasteiger partial charge in [-0.25, -0.2) is 0 Å². The molecule has 12 heavy (non-hydrogen) atoms. The molecule has 0 amide bonds. The van der Waals surface area contributed by atoms with Crippen LogP contribution in [0.5, 0.6) is 0 Å². The molecular weight excluding hydrogens is 160 g/mol. The lowest BCUT2D eigenvalue weighted by Crippen LogP contribution is -2.17. The fourth-order valence-electron chi connectivity index (χ4n) is 0.710. The van der Waals surface area contributed by atoms with Gasteiger partial charge in [-0.05, 0) is 6.92 Å². The third-order valence-corrected chi connectivity index (χ3v) is 1.37. The zero-order valence-corrected chi connectivity index (χ0v) is 7.83. The van der Waals surface area contributed by atoms with Gasteiger partial charge < -0.3 is 14.2 Å². The van der Waals surface area contributed by atoms with Gasteiger partial charge in [0.25, 0.3) is 0 Å². The van der Waals surface area contributed by atoms with Gasteiger partial charge >= 0.3 is 5.97 Å². The van der Waals surface area contributed by atoms with Crippen LogP contribution >= 0.6 is 0 Å². The van der Waals surface area contributed by atoms with Crippen LogP contribution in [0.4, 0.5) is 0 Å². The Kier molecular flexibility index (Phi) is 6.70. The molecule has 0 aliphatic carbocycles. The first kappa shape index (κ1) is 11.4. The molecule has 0 aromatic carbocycles. The van der Waals surface area contributed by atoms with Crippen molar-refractivity contribution in [2.45, 2.75) is 19.4 Å². The van der Waals surface area contributed by atoms with Crippen molar-refractivity contribution >= 4 is 5.97 Å². The van der Waals surface area contributed by atoms with Gasteiger partial charge in [-0.3, -0.25) is 4.79 Å². The second-order valence-corrected chi connectivity index (χ2v) is 2.45. The maximum absolute atomic E-state index is 10.7. The van der Waals surface area contributed by atoms with Crippen LogP contribution in [0.25, 0.3) is 0 Å². The zero-order valence-electron chi connectivity index (χ0n) is 7.83. The molecule has 0 aromatic rings. The summed E-state index contributed by atoms with van der Waals surface area (Å²) in [6, 6.07) is 0. The van der Waals surface area contributed by atoms with Crippen molar-refractivity contribution in [3.63, 3.8) is 0 Å². The summed E-state index contributed by atoms with van der Waals surface area (Å²) >= 11 is 0. The summed E-state index contributed by atoms with van der Waals surface area (Å²) in [6.07, 6.45) is 0.188.